The van der Waals surface area contributed by atoms with Crippen LogP contribution in [0.15, 0.2) is 83.7 Å². The van der Waals surface area contributed by atoms with Gasteiger partial charge < -0.3 is 0 Å². The number of carbonyl (C=O) groups excluding carboxylic acids is 1. The van der Waals surface area contributed by atoms with E-state index in [-0.39, 0.29) is 5.91 Å². The first-order valence-electron chi connectivity index (χ1n) is 7.27. The molecule has 2 aliphatic rings. The molecule has 2 aliphatic heterocycles. The molecule has 0 aliphatic carbocycles. The maximum atomic E-state index is 12.1. The van der Waals surface area contributed by atoms with Crippen molar-refractivity contribution in [1.82, 2.24) is 4.90 Å². The molecule has 1 amide bonds. The van der Waals surface area contributed by atoms with Crippen molar-refractivity contribution in [2.24, 2.45) is 4.99 Å². The predicted octanol–water partition coefficient (Wildman–Crippen LogP) is 3.59. The number of amidine groups is 1. The average Bonchev–Trinajstić information content (AvgIpc) is 2.88. The van der Waals surface area contributed by atoms with Gasteiger partial charge in [0, 0.05) is 6.20 Å². The van der Waals surface area contributed by atoms with Crippen LogP contribution in [0.25, 0.3) is 10.8 Å². The molecule has 2 heterocycles. The normalized spacial score (nSPS) is 18.2. The zero-order chi connectivity index (χ0) is 14.9. The molecule has 22 heavy (non-hydrogen) atoms. The Morgan fingerprint density at radius 2 is 1.91 bits per heavy atom. The molecule has 3 heteroatoms. The first-order valence-corrected chi connectivity index (χ1v) is 7.27. The number of amides is 1. The van der Waals surface area contributed by atoms with Gasteiger partial charge in [0.05, 0.1) is 0 Å². The summed E-state index contributed by atoms with van der Waals surface area (Å²) in [6.45, 7) is 0. The Kier molecular flexibility index (Phi) is 2.97. The highest BCUT2D eigenvalue weighted by Gasteiger charge is 2.26. The highest BCUT2D eigenvalue weighted by Crippen LogP contribution is 2.23. The third kappa shape index (κ3) is 2.07. The molecule has 0 saturated heterocycles. The van der Waals surface area contributed by atoms with Crippen molar-refractivity contribution in [1.29, 1.82) is 0 Å². The number of allylic oxidation sites excluding steroid dienone is 3. The van der Waals surface area contributed by atoms with Crippen molar-refractivity contribution >= 4 is 22.5 Å². The van der Waals surface area contributed by atoms with Crippen LogP contribution in [0.2, 0.25) is 0 Å². The third-order valence-corrected chi connectivity index (χ3v) is 3.93. The van der Waals surface area contributed by atoms with Gasteiger partial charge in [-0.05, 0) is 34.9 Å². The molecule has 0 saturated carbocycles. The minimum absolute atomic E-state index is 0.175. The standard InChI is InChI=1S/C19H14N2O/c22-19-17(21-13-4-3-10-18(21)20-19)12-11-15-8-5-7-14-6-1-2-9-16(14)15/h1-10,12-13H,11H2/b17-12-. The van der Waals surface area contributed by atoms with Crippen LogP contribution in [0.3, 0.4) is 0 Å². The van der Waals surface area contributed by atoms with E-state index in [0.717, 1.165) is 0 Å². The molecular formula is C19H14N2O. The summed E-state index contributed by atoms with van der Waals surface area (Å²) in [5.74, 6) is 0.517. The number of hydrogen-bond donors (Lipinski definition) is 0. The minimum Gasteiger partial charge on any atom is -0.297 e. The molecule has 4 rings (SSSR count). The fourth-order valence-electron chi connectivity index (χ4n) is 2.86. The summed E-state index contributed by atoms with van der Waals surface area (Å²) in [5.41, 5.74) is 1.84. The number of carbonyl (C=O) groups is 1. The van der Waals surface area contributed by atoms with Crippen LogP contribution in [-0.2, 0) is 11.2 Å². The number of rotatable bonds is 2. The van der Waals surface area contributed by atoms with E-state index in [4.69, 9.17) is 0 Å². The van der Waals surface area contributed by atoms with Crippen LogP contribution in [0.4, 0.5) is 0 Å². The Hall–Kier alpha value is -2.94. The summed E-state index contributed by atoms with van der Waals surface area (Å²) < 4.78 is 0. The van der Waals surface area contributed by atoms with Crippen LogP contribution in [0.1, 0.15) is 5.56 Å². The quantitative estimate of drug-likeness (QED) is 0.790. The van der Waals surface area contributed by atoms with E-state index < -0.39 is 0 Å². The summed E-state index contributed by atoms with van der Waals surface area (Å²) in [6, 6.07) is 14.6. The SMILES string of the molecule is O=C1N=C2C=CC=CN2/C1=C\Cc1cccc2ccccc12. The second kappa shape index (κ2) is 5.11. The van der Waals surface area contributed by atoms with Crippen LogP contribution in [-0.4, -0.2) is 16.6 Å². The van der Waals surface area contributed by atoms with E-state index in [1.807, 2.05) is 47.5 Å². The van der Waals surface area contributed by atoms with Gasteiger partial charge in [0.25, 0.3) is 5.91 Å². The van der Waals surface area contributed by atoms with E-state index in [1.165, 1.54) is 16.3 Å². The van der Waals surface area contributed by atoms with Gasteiger partial charge in [0.15, 0.2) is 0 Å². The van der Waals surface area contributed by atoms with Gasteiger partial charge >= 0.3 is 0 Å². The van der Waals surface area contributed by atoms with Crippen molar-refractivity contribution in [3.8, 4) is 0 Å². The van der Waals surface area contributed by atoms with Crippen molar-refractivity contribution in [3.63, 3.8) is 0 Å². The van der Waals surface area contributed by atoms with Gasteiger partial charge in [-0.2, -0.15) is 4.99 Å². The molecule has 2 aromatic carbocycles. The summed E-state index contributed by atoms with van der Waals surface area (Å²) in [5, 5.41) is 2.44. The van der Waals surface area contributed by atoms with Crippen molar-refractivity contribution in [2.75, 3.05) is 0 Å². The Balaban J connectivity index is 1.68. The maximum Gasteiger partial charge on any atom is 0.295 e. The second-order valence-corrected chi connectivity index (χ2v) is 5.28. The van der Waals surface area contributed by atoms with E-state index >= 15 is 0 Å². The van der Waals surface area contributed by atoms with Crippen LogP contribution in [0.5, 0.6) is 0 Å². The molecule has 0 N–H and O–H groups in total. The summed E-state index contributed by atoms with van der Waals surface area (Å²) in [7, 11) is 0. The minimum atomic E-state index is -0.175. The number of nitrogens with zero attached hydrogens (tertiary/aromatic N) is 2. The summed E-state index contributed by atoms with van der Waals surface area (Å²) >= 11 is 0. The van der Waals surface area contributed by atoms with Gasteiger partial charge in [-0.15, -0.1) is 0 Å². The fourth-order valence-corrected chi connectivity index (χ4v) is 2.86. The Bertz CT molecular complexity index is 882. The second-order valence-electron chi connectivity index (χ2n) is 5.28. The molecular weight excluding hydrogens is 272 g/mol. The van der Waals surface area contributed by atoms with E-state index in [9.17, 15) is 4.79 Å². The molecule has 0 radical (unpaired) electrons. The Morgan fingerprint density at radius 1 is 1.05 bits per heavy atom. The number of fused-ring (bicyclic) bond motifs is 2. The number of hydrogen-bond acceptors (Lipinski definition) is 2. The topological polar surface area (TPSA) is 32.7 Å². The number of benzene rings is 2. The van der Waals surface area contributed by atoms with Crippen LogP contribution >= 0.6 is 0 Å². The van der Waals surface area contributed by atoms with Gasteiger partial charge in [-0.25, -0.2) is 0 Å². The molecule has 0 unspecified atom stereocenters. The summed E-state index contributed by atoms with van der Waals surface area (Å²) in [4.78, 5) is 18.0. The average molecular weight is 286 g/mol. The van der Waals surface area contributed by atoms with Crippen molar-refractivity contribution < 1.29 is 4.79 Å². The van der Waals surface area contributed by atoms with E-state index in [1.54, 1.807) is 0 Å². The lowest BCUT2D eigenvalue weighted by Gasteiger charge is -2.16. The van der Waals surface area contributed by atoms with Gasteiger partial charge in [0.2, 0.25) is 0 Å². The molecule has 0 spiro atoms. The fraction of sp³-hybridized carbons (Fsp3) is 0.0526. The maximum absolute atomic E-state index is 12.1. The lowest BCUT2D eigenvalue weighted by molar-refractivity contribution is -0.114. The molecule has 0 atom stereocenters. The largest absolute Gasteiger partial charge is 0.297 e. The molecule has 106 valence electrons. The molecule has 2 aromatic rings. The monoisotopic (exact) mass is 286 g/mol. The van der Waals surface area contributed by atoms with Gasteiger partial charge in [-0.3, -0.25) is 9.69 Å². The molecule has 3 nitrogen and oxygen atoms in total. The lowest BCUT2D eigenvalue weighted by atomic mass is 10.0. The first kappa shape index (κ1) is 12.8. The molecule has 0 aromatic heterocycles. The number of aliphatic imine (C=N–C) groups is 1. The Morgan fingerprint density at radius 3 is 2.86 bits per heavy atom. The summed E-state index contributed by atoms with van der Waals surface area (Å²) in [6.07, 6.45) is 10.2. The third-order valence-electron chi connectivity index (χ3n) is 3.93. The zero-order valence-electron chi connectivity index (χ0n) is 11.9. The van der Waals surface area contributed by atoms with Crippen molar-refractivity contribution in [2.45, 2.75) is 6.42 Å². The van der Waals surface area contributed by atoms with E-state index in [0.29, 0.717) is 18.0 Å². The zero-order valence-corrected chi connectivity index (χ0v) is 11.9. The van der Waals surface area contributed by atoms with Crippen LogP contribution in [0, 0.1) is 0 Å². The molecule has 0 fully saturated rings. The lowest BCUT2D eigenvalue weighted by Crippen LogP contribution is -2.20. The van der Waals surface area contributed by atoms with Crippen LogP contribution < -0.4 is 0 Å². The highest BCUT2D eigenvalue weighted by atomic mass is 16.2. The first-order chi connectivity index (χ1) is 10.8. The van der Waals surface area contributed by atoms with Gasteiger partial charge in [0.1, 0.15) is 11.5 Å². The van der Waals surface area contributed by atoms with Gasteiger partial charge in [-0.1, -0.05) is 54.6 Å². The predicted molar refractivity (Wildman–Crippen MR) is 88.3 cm³/mol. The molecule has 0 bridgehead atoms. The highest BCUT2D eigenvalue weighted by molar-refractivity contribution is 6.15. The Labute approximate surface area is 128 Å². The smallest absolute Gasteiger partial charge is 0.295 e. The van der Waals surface area contributed by atoms with E-state index in [2.05, 4.69) is 35.3 Å². The van der Waals surface area contributed by atoms with Crippen molar-refractivity contribution in [3.05, 3.63) is 84.2 Å².